The summed E-state index contributed by atoms with van der Waals surface area (Å²) >= 11 is 0. The van der Waals surface area contributed by atoms with Gasteiger partial charge >= 0.3 is 11.9 Å². The molecule has 0 unspecified atom stereocenters. The lowest BCUT2D eigenvalue weighted by molar-refractivity contribution is -0.369. The molecule has 4 fully saturated rings. The summed E-state index contributed by atoms with van der Waals surface area (Å²) in [7, 11) is 0. The fourth-order valence-corrected chi connectivity index (χ4v) is 6.79. The van der Waals surface area contributed by atoms with E-state index < -0.39 is 160 Å². The van der Waals surface area contributed by atoms with Crippen LogP contribution in [0.3, 0.4) is 0 Å². The summed E-state index contributed by atoms with van der Waals surface area (Å²) in [6.45, 7) is -0.144. The first-order valence-electron chi connectivity index (χ1n) is 18.0. The van der Waals surface area contributed by atoms with Gasteiger partial charge in [0.2, 0.25) is 11.8 Å². The Morgan fingerprint density at radius 1 is 0.610 bits per heavy atom. The Morgan fingerprint density at radius 2 is 1.07 bits per heavy atom. The van der Waals surface area contributed by atoms with Crippen LogP contribution in [0.2, 0.25) is 0 Å². The normalized spacial score (nSPS) is 42.6. The van der Waals surface area contributed by atoms with E-state index >= 15 is 0 Å². The molecular weight excluding hydrogens is 810 g/mol. The molecule has 13 N–H and O–H groups in total. The van der Waals surface area contributed by atoms with Crippen molar-refractivity contribution in [3.8, 4) is 0 Å². The molecule has 4 rings (SSSR count). The number of aliphatic hydroxyl groups excluding tert-OH is 9. The van der Waals surface area contributed by atoms with Gasteiger partial charge in [-0.3, -0.25) is 9.59 Å². The lowest BCUT2D eigenvalue weighted by Gasteiger charge is -2.49. The zero-order valence-electron chi connectivity index (χ0n) is 31.2. The van der Waals surface area contributed by atoms with Crippen LogP contribution in [0.15, 0.2) is 5.11 Å². The second-order valence-electron chi connectivity index (χ2n) is 13.8. The highest BCUT2D eigenvalue weighted by Crippen LogP contribution is 2.35. The number of rotatable bonds is 17. The number of carboxylic acids is 2. The second kappa shape index (κ2) is 21.3. The van der Waals surface area contributed by atoms with Crippen LogP contribution in [0.5, 0.6) is 0 Å². The quantitative estimate of drug-likeness (QED) is 0.0280. The van der Waals surface area contributed by atoms with Crippen molar-refractivity contribution in [1.82, 2.24) is 10.6 Å². The lowest BCUT2D eigenvalue weighted by atomic mass is 9.94. The monoisotopic (exact) mass is 859 g/mol. The van der Waals surface area contributed by atoms with Gasteiger partial charge in [-0.15, -0.1) is 0 Å². The molecule has 0 aromatic carbocycles. The van der Waals surface area contributed by atoms with Gasteiger partial charge < -0.3 is 105 Å². The molecule has 28 heteroatoms. The molecule has 4 aliphatic rings. The Labute approximate surface area is 332 Å². The maximum Gasteiger partial charge on any atom is 0.335 e. The number of aliphatic carboxylic acids is 2. The van der Waals surface area contributed by atoms with Gasteiger partial charge in [-0.1, -0.05) is 5.11 Å². The average Bonchev–Trinajstić information content (AvgIpc) is 3.17. The summed E-state index contributed by atoms with van der Waals surface area (Å²) in [5.41, 5.74) is 8.42. The Morgan fingerprint density at radius 3 is 1.56 bits per heavy atom. The second-order valence-corrected chi connectivity index (χ2v) is 13.8. The average molecular weight is 860 g/mol. The third kappa shape index (κ3) is 11.3. The minimum atomic E-state index is -2.30. The molecule has 0 bridgehead atoms. The number of carbonyl (C=O) groups is 4. The zero-order chi connectivity index (χ0) is 43.9. The van der Waals surface area contributed by atoms with E-state index in [0.29, 0.717) is 0 Å². The predicted molar refractivity (Wildman–Crippen MR) is 181 cm³/mol. The van der Waals surface area contributed by atoms with Crippen molar-refractivity contribution < 1.29 is 113 Å². The number of nitrogens with zero attached hydrogens (tertiary/aromatic N) is 3. The SMILES string of the molecule is CC(=O)N[C@H]1[C@H](O[C@H]2[C@H](O)[C@@H](O)[C@H](O[C@H]3[C@H](O)[C@@H](CO)O[C@@H](O[C@H]4[C@H](O)[C@@H](O)[C@H](OCCCN=[N+]=[N-])O[C@@H]4C(=O)O)[C@@H]3NC(C)=O)O[C@@H]2C(=O)O)O[C@H](CO)[C@@H](O)[C@@H]1O. The molecular formula is C31H49N5O23. The smallest absolute Gasteiger partial charge is 0.335 e. The topological polar surface area (TPSA) is 437 Å². The van der Waals surface area contributed by atoms with Crippen molar-refractivity contribution >= 4 is 23.8 Å². The van der Waals surface area contributed by atoms with Crippen molar-refractivity contribution in [2.24, 2.45) is 5.11 Å². The number of carbonyl (C=O) groups excluding carboxylic acids is 2. The minimum absolute atomic E-state index is 0.0216. The van der Waals surface area contributed by atoms with Gasteiger partial charge in [0.05, 0.1) is 13.2 Å². The number of azide groups is 1. The molecule has 4 saturated heterocycles. The molecule has 0 radical (unpaired) electrons. The standard InChI is InChI=1S/C31H49N5O23/c1-8(39)34-12-16(43)14(41)10(6-37)53-28(12)56-23-18(45)20(47)31(59-25(23)27(50)51)55-21-13(35-9(2)40)29(54-11(7-38)15(21)42)57-22-17(44)19(46)30(58-24(22)26(48)49)52-5-3-4-33-36-32/h10-25,28-31,37-38,41-47H,3-7H2,1-2H3,(H,34,39)(H,35,40)(H,48,49)(H,50,51)/t10-,11-,12-,13-,14-,15-,16-,17-,18-,19-,20-,21-,22+,23+,24+,25+,28+,29+,30-,31-/m1/s1. The Hall–Kier alpha value is -3.49. The highest BCUT2D eigenvalue weighted by Gasteiger charge is 2.57. The van der Waals surface area contributed by atoms with Crippen LogP contribution in [-0.2, 0) is 57.1 Å². The fourth-order valence-electron chi connectivity index (χ4n) is 6.79. The molecule has 28 nitrogen and oxygen atoms in total. The number of hydrogen-bond donors (Lipinski definition) is 13. The minimum Gasteiger partial charge on any atom is -0.479 e. The van der Waals surface area contributed by atoms with E-state index in [0.717, 1.165) is 13.8 Å². The van der Waals surface area contributed by atoms with Crippen molar-refractivity contribution in [1.29, 1.82) is 0 Å². The van der Waals surface area contributed by atoms with E-state index in [2.05, 4.69) is 20.7 Å². The fraction of sp³-hybridized carbons (Fsp3) is 0.871. The van der Waals surface area contributed by atoms with E-state index in [1.807, 2.05) is 0 Å². The van der Waals surface area contributed by atoms with Gasteiger partial charge in [0.15, 0.2) is 37.4 Å². The van der Waals surface area contributed by atoms with Crippen LogP contribution in [0, 0.1) is 0 Å². The van der Waals surface area contributed by atoms with Crippen LogP contribution >= 0.6 is 0 Å². The predicted octanol–water partition coefficient (Wildman–Crippen LogP) is -7.55. The molecule has 4 aliphatic heterocycles. The number of ether oxygens (including phenoxy) is 8. The summed E-state index contributed by atoms with van der Waals surface area (Å²) in [5, 5.41) is 124. The van der Waals surface area contributed by atoms with E-state index in [4.69, 9.17) is 43.4 Å². The lowest BCUT2D eigenvalue weighted by Crippen LogP contribution is -2.70. The maximum atomic E-state index is 12.5. The van der Waals surface area contributed by atoms with Gasteiger partial charge in [-0.05, 0) is 12.0 Å². The number of aliphatic hydroxyl groups is 9. The summed E-state index contributed by atoms with van der Waals surface area (Å²) in [5.74, 6) is -5.25. The van der Waals surface area contributed by atoms with E-state index in [-0.39, 0.29) is 19.6 Å². The highest BCUT2D eigenvalue weighted by atomic mass is 16.8. The summed E-state index contributed by atoms with van der Waals surface area (Å²) in [6.07, 6.45) is -35.8. The number of amides is 2. The molecule has 0 saturated carbocycles. The molecule has 4 heterocycles. The van der Waals surface area contributed by atoms with Crippen molar-refractivity contribution in [3.05, 3.63) is 10.4 Å². The van der Waals surface area contributed by atoms with Crippen LogP contribution in [0.4, 0.5) is 0 Å². The van der Waals surface area contributed by atoms with Crippen LogP contribution in [0.1, 0.15) is 20.3 Å². The van der Waals surface area contributed by atoms with Gasteiger partial charge in [0.25, 0.3) is 0 Å². The van der Waals surface area contributed by atoms with Crippen molar-refractivity contribution in [2.45, 2.75) is 143 Å². The summed E-state index contributed by atoms with van der Waals surface area (Å²) < 4.78 is 44.3. The van der Waals surface area contributed by atoms with Crippen molar-refractivity contribution in [3.63, 3.8) is 0 Å². The summed E-state index contributed by atoms with van der Waals surface area (Å²) in [6, 6.07) is -3.42. The Kier molecular flexibility index (Phi) is 17.4. The third-order valence-electron chi connectivity index (χ3n) is 9.67. The van der Waals surface area contributed by atoms with Crippen molar-refractivity contribution in [2.75, 3.05) is 26.4 Å². The van der Waals surface area contributed by atoms with Gasteiger partial charge in [-0.25, -0.2) is 9.59 Å². The first-order chi connectivity index (χ1) is 27.9. The Balaban J connectivity index is 1.59. The van der Waals surface area contributed by atoms with E-state index in [1.54, 1.807) is 0 Å². The number of nitrogens with one attached hydrogen (secondary N) is 2. The van der Waals surface area contributed by atoms with Gasteiger partial charge in [0, 0.05) is 31.9 Å². The van der Waals surface area contributed by atoms with Crippen LogP contribution in [-0.4, -0.2) is 229 Å². The molecule has 2 amide bonds. The largest absolute Gasteiger partial charge is 0.479 e. The maximum absolute atomic E-state index is 12.5. The summed E-state index contributed by atoms with van der Waals surface area (Å²) in [4.78, 5) is 51.7. The Bertz CT molecular complexity index is 1490. The molecule has 59 heavy (non-hydrogen) atoms. The number of carboxylic acid groups (broad SMARTS) is 2. The molecule has 0 spiro atoms. The van der Waals surface area contributed by atoms with Gasteiger partial charge in [-0.2, -0.15) is 0 Å². The van der Waals surface area contributed by atoms with E-state index in [9.17, 15) is 75.3 Å². The van der Waals surface area contributed by atoms with E-state index in [1.165, 1.54) is 0 Å². The molecule has 0 aromatic rings. The highest BCUT2D eigenvalue weighted by molar-refractivity contribution is 5.74. The first kappa shape index (κ1) is 48.2. The third-order valence-corrected chi connectivity index (χ3v) is 9.67. The molecule has 0 aliphatic carbocycles. The number of hydrogen-bond acceptors (Lipinski definition) is 22. The molecule has 336 valence electrons. The molecule has 20 atom stereocenters. The molecule has 0 aromatic heterocycles. The van der Waals surface area contributed by atoms with Gasteiger partial charge in [0.1, 0.15) is 85.3 Å². The van der Waals surface area contributed by atoms with Crippen LogP contribution < -0.4 is 10.6 Å². The zero-order valence-corrected chi connectivity index (χ0v) is 31.2. The first-order valence-corrected chi connectivity index (χ1v) is 18.0. The van der Waals surface area contributed by atoms with Crippen LogP contribution in [0.25, 0.3) is 10.4 Å².